The van der Waals surface area contributed by atoms with Crippen molar-refractivity contribution in [1.82, 2.24) is 19.6 Å². The van der Waals surface area contributed by atoms with Crippen molar-refractivity contribution in [3.05, 3.63) is 59.8 Å². The van der Waals surface area contributed by atoms with Crippen molar-refractivity contribution in [3.8, 4) is 0 Å². The van der Waals surface area contributed by atoms with Crippen LogP contribution in [0.15, 0.2) is 48.7 Å². The van der Waals surface area contributed by atoms with Gasteiger partial charge in [0.05, 0.1) is 17.4 Å². The minimum atomic E-state index is -0.659. The molecule has 0 radical (unpaired) electrons. The molecule has 1 atom stereocenters. The zero-order valence-electron chi connectivity index (χ0n) is 24.2. The molecule has 41 heavy (non-hydrogen) atoms. The van der Waals surface area contributed by atoms with Crippen LogP contribution in [-0.4, -0.2) is 67.8 Å². The van der Waals surface area contributed by atoms with E-state index in [4.69, 9.17) is 4.74 Å². The van der Waals surface area contributed by atoms with Gasteiger partial charge in [-0.15, -0.1) is 0 Å². The topological polar surface area (TPSA) is 96.8 Å². The summed E-state index contributed by atoms with van der Waals surface area (Å²) < 4.78 is 6.70. The number of amides is 2. The quantitative estimate of drug-likeness (QED) is 0.478. The first kappa shape index (κ1) is 27.4. The number of aromatic nitrogens is 2. The number of anilines is 1. The van der Waals surface area contributed by atoms with Gasteiger partial charge in [0.25, 0.3) is 0 Å². The van der Waals surface area contributed by atoms with Gasteiger partial charge in [0, 0.05) is 25.0 Å². The second-order valence-electron chi connectivity index (χ2n) is 12.6. The molecule has 2 fully saturated rings. The lowest BCUT2D eigenvalue weighted by molar-refractivity contribution is -0.148. The normalized spacial score (nSPS) is 20.7. The lowest BCUT2D eigenvalue weighted by Crippen LogP contribution is -2.61. The van der Waals surface area contributed by atoms with Crippen molar-refractivity contribution < 1.29 is 19.1 Å². The van der Waals surface area contributed by atoms with E-state index in [0.717, 1.165) is 51.6 Å². The van der Waals surface area contributed by atoms with Crippen LogP contribution < -0.4 is 5.32 Å². The predicted octanol–water partition coefficient (Wildman–Crippen LogP) is 5.12. The maximum Gasteiger partial charge on any atom is 0.435 e. The molecule has 216 valence electrons. The van der Waals surface area contributed by atoms with E-state index in [1.807, 2.05) is 4.90 Å². The van der Waals surface area contributed by atoms with Gasteiger partial charge in [-0.1, -0.05) is 43.2 Å². The predicted molar refractivity (Wildman–Crippen MR) is 156 cm³/mol. The average Bonchev–Trinajstić information content (AvgIpc) is 3.72. The zero-order chi connectivity index (χ0) is 28.8. The van der Waals surface area contributed by atoms with E-state index < -0.39 is 23.3 Å². The molecule has 1 aromatic heterocycles. The van der Waals surface area contributed by atoms with Crippen LogP contribution >= 0.6 is 0 Å². The fourth-order valence-corrected chi connectivity index (χ4v) is 6.86. The summed E-state index contributed by atoms with van der Waals surface area (Å²) in [4.78, 5) is 45.0. The van der Waals surface area contributed by atoms with Gasteiger partial charge >= 0.3 is 6.09 Å². The monoisotopic (exact) mass is 557 g/mol. The number of hydrogen-bond acceptors (Lipinski definition) is 6. The van der Waals surface area contributed by atoms with Crippen LogP contribution in [0.5, 0.6) is 0 Å². The van der Waals surface area contributed by atoms with Gasteiger partial charge in [-0.05, 0) is 76.1 Å². The molecule has 3 aromatic rings. The maximum atomic E-state index is 14.4. The van der Waals surface area contributed by atoms with E-state index in [-0.39, 0.29) is 11.8 Å². The Morgan fingerprint density at radius 2 is 1.73 bits per heavy atom. The first-order valence-electron chi connectivity index (χ1n) is 14.8. The molecule has 0 spiro atoms. The number of carbonyl (C=O) groups excluding carboxylic acids is 3. The van der Waals surface area contributed by atoms with Crippen LogP contribution in [0.4, 0.5) is 10.5 Å². The SMILES string of the molecule is CC(C)(C)OC(=O)n1ncc2c(NC(=O)[C@H]3CCCN3C(=O)C3(N4CCc5ccccc5C4)CCCC3)cccc21. The van der Waals surface area contributed by atoms with E-state index in [2.05, 4.69) is 39.6 Å². The summed E-state index contributed by atoms with van der Waals surface area (Å²) in [7, 11) is 0. The highest BCUT2D eigenvalue weighted by Crippen LogP contribution is 2.41. The van der Waals surface area contributed by atoms with Gasteiger partial charge < -0.3 is 15.0 Å². The van der Waals surface area contributed by atoms with E-state index >= 15 is 0 Å². The van der Waals surface area contributed by atoms with Crippen LogP contribution in [0.25, 0.3) is 10.9 Å². The molecule has 3 heterocycles. The number of rotatable bonds is 4. The number of hydrogen-bond donors (Lipinski definition) is 1. The summed E-state index contributed by atoms with van der Waals surface area (Å²) in [6, 6.07) is 13.3. The zero-order valence-corrected chi connectivity index (χ0v) is 24.2. The molecule has 1 saturated heterocycles. The van der Waals surface area contributed by atoms with Crippen LogP contribution in [0.1, 0.15) is 70.4 Å². The van der Waals surface area contributed by atoms with Crippen LogP contribution in [0.2, 0.25) is 0 Å². The minimum Gasteiger partial charge on any atom is -0.442 e. The number of carbonyl (C=O) groups is 3. The third-order valence-corrected chi connectivity index (χ3v) is 8.82. The third kappa shape index (κ3) is 5.12. The van der Waals surface area contributed by atoms with Crippen LogP contribution in [0, 0.1) is 0 Å². The molecule has 2 aliphatic heterocycles. The van der Waals surface area contributed by atoms with Crippen LogP contribution in [0.3, 0.4) is 0 Å². The number of nitrogens with one attached hydrogen (secondary N) is 1. The molecule has 1 saturated carbocycles. The van der Waals surface area contributed by atoms with E-state index in [1.54, 1.807) is 45.2 Å². The largest absolute Gasteiger partial charge is 0.442 e. The van der Waals surface area contributed by atoms with Gasteiger partial charge in [-0.3, -0.25) is 14.5 Å². The van der Waals surface area contributed by atoms with Gasteiger partial charge in [-0.2, -0.15) is 9.78 Å². The Morgan fingerprint density at radius 3 is 2.49 bits per heavy atom. The van der Waals surface area contributed by atoms with Crippen molar-refractivity contribution >= 4 is 34.5 Å². The second kappa shape index (κ2) is 10.6. The molecule has 2 aromatic carbocycles. The van der Waals surface area contributed by atoms with Crippen molar-refractivity contribution in [1.29, 1.82) is 0 Å². The Bertz CT molecular complexity index is 1480. The minimum absolute atomic E-state index is 0.1000. The molecule has 2 amide bonds. The molecular formula is C32H39N5O4. The van der Waals surface area contributed by atoms with Crippen LogP contribution in [-0.2, 0) is 27.3 Å². The van der Waals surface area contributed by atoms with Gasteiger partial charge in [0.15, 0.2) is 0 Å². The Hall–Kier alpha value is -3.72. The fraction of sp³-hybridized carbons (Fsp3) is 0.500. The Kier molecular flexibility index (Phi) is 7.09. The summed E-state index contributed by atoms with van der Waals surface area (Å²) >= 11 is 0. The van der Waals surface area contributed by atoms with E-state index in [0.29, 0.717) is 29.6 Å². The number of likely N-dealkylation sites (tertiary alicyclic amines) is 1. The number of nitrogens with zero attached hydrogens (tertiary/aromatic N) is 4. The maximum absolute atomic E-state index is 14.4. The van der Waals surface area contributed by atoms with Crippen molar-refractivity contribution in [2.45, 2.75) is 89.4 Å². The summed E-state index contributed by atoms with van der Waals surface area (Å²) in [5, 5.41) is 7.93. The standard InChI is InChI=1S/C32H39N5O4/c1-31(2,3)41-30(40)37-26-13-8-12-25(24(26)20-33-37)34-28(38)27-14-9-18-36(27)29(39)32(16-6-7-17-32)35-19-15-22-10-4-5-11-23(22)21-35/h4-5,8,10-13,20,27H,6-7,9,14-19,21H2,1-3H3,(H,34,38)/t27-/m1/s1. The number of benzene rings is 2. The summed E-state index contributed by atoms with van der Waals surface area (Å²) in [6.07, 6.45) is 7.07. The smallest absolute Gasteiger partial charge is 0.435 e. The molecule has 9 heteroatoms. The Labute approximate surface area is 240 Å². The molecule has 9 nitrogen and oxygen atoms in total. The highest BCUT2D eigenvalue weighted by atomic mass is 16.6. The van der Waals surface area contributed by atoms with Gasteiger partial charge in [-0.25, -0.2) is 4.79 Å². The lowest BCUT2D eigenvalue weighted by atomic mass is 9.88. The first-order chi connectivity index (χ1) is 19.7. The average molecular weight is 558 g/mol. The highest BCUT2D eigenvalue weighted by Gasteiger charge is 2.51. The lowest BCUT2D eigenvalue weighted by Gasteiger charge is -2.45. The second-order valence-corrected chi connectivity index (χ2v) is 12.6. The van der Waals surface area contributed by atoms with Crippen molar-refractivity contribution in [2.24, 2.45) is 0 Å². The molecule has 0 bridgehead atoms. The Balaban J connectivity index is 1.22. The highest BCUT2D eigenvalue weighted by molar-refractivity contribution is 6.05. The van der Waals surface area contributed by atoms with Crippen molar-refractivity contribution in [2.75, 3.05) is 18.4 Å². The first-order valence-corrected chi connectivity index (χ1v) is 14.8. The molecule has 1 aliphatic carbocycles. The van der Waals surface area contributed by atoms with E-state index in [9.17, 15) is 14.4 Å². The number of ether oxygens (including phenoxy) is 1. The van der Waals surface area contributed by atoms with Gasteiger partial charge in [0.2, 0.25) is 11.8 Å². The van der Waals surface area contributed by atoms with Gasteiger partial charge in [0.1, 0.15) is 17.2 Å². The molecule has 3 aliphatic rings. The third-order valence-electron chi connectivity index (χ3n) is 8.82. The Morgan fingerprint density at radius 1 is 0.976 bits per heavy atom. The summed E-state index contributed by atoms with van der Waals surface area (Å²) in [5.41, 5.74) is 2.57. The fourth-order valence-electron chi connectivity index (χ4n) is 6.86. The summed E-state index contributed by atoms with van der Waals surface area (Å²) in [5.74, 6) is -0.103. The van der Waals surface area contributed by atoms with Crippen molar-refractivity contribution in [3.63, 3.8) is 0 Å². The molecular weight excluding hydrogens is 518 g/mol. The number of fused-ring (bicyclic) bond motifs is 2. The molecule has 6 rings (SSSR count). The molecule has 0 unspecified atom stereocenters. The van der Waals surface area contributed by atoms with E-state index in [1.165, 1.54) is 15.8 Å². The molecule has 1 N–H and O–H groups in total. The summed E-state index contributed by atoms with van der Waals surface area (Å²) in [6.45, 7) is 7.63.